The van der Waals surface area contributed by atoms with Crippen LogP contribution in [-0.2, 0) is 9.59 Å². The van der Waals surface area contributed by atoms with E-state index in [1.807, 2.05) is 0 Å². The molecule has 1 aromatic carbocycles. The van der Waals surface area contributed by atoms with Gasteiger partial charge in [-0.05, 0) is 31.1 Å². The molecule has 22 heavy (non-hydrogen) atoms. The maximum absolute atomic E-state index is 12.2. The molecule has 1 aliphatic rings. The van der Waals surface area contributed by atoms with Crippen molar-refractivity contribution in [2.45, 2.75) is 18.9 Å². The summed E-state index contributed by atoms with van der Waals surface area (Å²) in [6.07, 6.45) is 4.72. The number of rotatable bonds is 7. The van der Waals surface area contributed by atoms with Gasteiger partial charge in [0.05, 0.1) is 14.2 Å². The second-order valence-electron chi connectivity index (χ2n) is 5.03. The van der Waals surface area contributed by atoms with E-state index >= 15 is 0 Å². The summed E-state index contributed by atoms with van der Waals surface area (Å²) in [7, 11) is 3.10. The van der Waals surface area contributed by atoms with Crippen LogP contribution in [0.25, 0.3) is 6.08 Å². The van der Waals surface area contributed by atoms with Gasteiger partial charge in [-0.2, -0.15) is 0 Å². The van der Waals surface area contributed by atoms with Crippen molar-refractivity contribution in [3.8, 4) is 11.5 Å². The Morgan fingerprint density at radius 2 is 2.05 bits per heavy atom. The summed E-state index contributed by atoms with van der Waals surface area (Å²) in [6, 6.07) is 5.31. The van der Waals surface area contributed by atoms with Crippen molar-refractivity contribution >= 4 is 18.0 Å². The standard InChI is InChI=1S/C16H19NO5/c1-21-13-7-3-11(14(9-13)22-2)4-8-15(18)17(10-16(19)20)12-5-6-12/h3-4,7-9,12H,5-6,10H2,1-2H3,(H,19,20)/b8-4+. The number of methoxy groups -OCH3 is 2. The Bertz CT molecular complexity index is 592. The van der Waals surface area contributed by atoms with Gasteiger partial charge in [0.25, 0.3) is 0 Å². The molecule has 0 unspecified atom stereocenters. The molecule has 0 aromatic heterocycles. The van der Waals surface area contributed by atoms with E-state index in [1.54, 1.807) is 31.4 Å². The van der Waals surface area contributed by atoms with Crippen LogP contribution < -0.4 is 9.47 Å². The average molecular weight is 305 g/mol. The third-order valence-corrected chi connectivity index (χ3v) is 3.42. The van der Waals surface area contributed by atoms with Crippen molar-refractivity contribution in [1.82, 2.24) is 4.90 Å². The monoisotopic (exact) mass is 305 g/mol. The molecular weight excluding hydrogens is 286 g/mol. The van der Waals surface area contributed by atoms with Crippen LogP contribution in [0.5, 0.6) is 11.5 Å². The van der Waals surface area contributed by atoms with E-state index in [9.17, 15) is 9.59 Å². The maximum atomic E-state index is 12.2. The number of carbonyl (C=O) groups excluding carboxylic acids is 1. The van der Waals surface area contributed by atoms with Crippen LogP contribution in [0.1, 0.15) is 18.4 Å². The minimum Gasteiger partial charge on any atom is -0.497 e. The smallest absolute Gasteiger partial charge is 0.323 e. The van der Waals surface area contributed by atoms with Gasteiger partial charge >= 0.3 is 5.97 Å². The highest BCUT2D eigenvalue weighted by atomic mass is 16.5. The zero-order chi connectivity index (χ0) is 16.1. The number of nitrogens with zero attached hydrogens (tertiary/aromatic N) is 1. The van der Waals surface area contributed by atoms with E-state index in [-0.39, 0.29) is 18.5 Å². The number of carboxylic acids is 1. The minimum absolute atomic E-state index is 0.0472. The lowest BCUT2D eigenvalue weighted by Crippen LogP contribution is -2.36. The number of ether oxygens (including phenoxy) is 2. The lowest BCUT2D eigenvalue weighted by molar-refractivity contribution is -0.143. The van der Waals surface area contributed by atoms with Crippen molar-refractivity contribution in [1.29, 1.82) is 0 Å². The molecule has 118 valence electrons. The Balaban J connectivity index is 2.12. The van der Waals surface area contributed by atoms with Crippen molar-refractivity contribution in [2.75, 3.05) is 20.8 Å². The number of aliphatic carboxylic acids is 1. The highest BCUT2D eigenvalue weighted by Crippen LogP contribution is 2.28. The highest BCUT2D eigenvalue weighted by Gasteiger charge is 2.32. The Hall–Kier alpha value is -2.50. The molecule has 1 N–H and O–H groups in total. The first-order valence-corrected chi connectivity index (χ1v) is 6.97. The molecule has 1 saturated carbocycles. The van der Waals surface area contributed by atoms with Crippen LogP contribution in [0.15, 0.2) is 24.3 Å². The van der Waals surface area contributed by atoms with Gasteiger partial charge in [-0.3, -0.25) is 9.59 Å². The minimum atomic E-state index is -1.00. The van der Waals surface area contributed by atoms with E-state index in [0.29, 0.717) is 11.5 Å². The number of carbonyl (C=O) groups is 2. The van der Waals surface area contributed by atoms with Crippen LogP contribution in [0.3, 0.4) is 0 Å². The Kier molecular flexibility index (Phi) is 5.04. The zero-order valence-electron chi connectivity index (χ0n) is 12.6. The first-order valence-electron chi connectivity index (χ1n) is 6.97. The van der Waals surface area contributed by atoms with Crippen LogP contribution >= 0.6 is 0 Å². The number of benzene rings is 1. The largest absolute Gasteiger partial charge is 0.497 e. The summed E-state index contributed by atoms with van der Waals surface area (Å²) < 4.78 is 10.4. The lowest BCUT2D eigenvalue weighted by Gasteiger charge is -2.18. The van der Waals surface area contributed by atoms with E-state index in [4.69, 9.17) is 14.6 Å². The fraction of sp³-hybridized carbons (Fsp3) is 0.375. The van der Waals surface area contributed by atoms with Crippen molar-refractivity contribution in [2.24, 2.45) is 0 Å². The van der Waals surface area contributed by atoms with Gasteiger partial charge in [-0.1, -0.05) is 0 Å². The predicted molar refractivity (Wildman–Crippen MR) is 81.0 cm³/mol. The maximum Gasteiger partial charge on any atom is 0.323 e. The molecule has 0 aliphatic heterocycles. The van der Waals surface area contributed by atoms with Gasteiger partial charge in [-0.15, -0.1) is 0 Å². The molecule has 0 radical (unpaired) electrons. The first-order chi connectivity index (χ1) is 10.5. The number of carboxylic acid groups (broad SMARTS) is 1. The molecular formula is C16H19NO5. The zero-order valence-corrected chi connectivity index (χ0v) is 12.6. The number of amides is 1. The van der Waals surface area contributed by atoms with Crippen molar-refractivity contribution in [3.63, 3.8) is 0 Å². The second kappa shape index (κ2) is 6.98. The normalized spacial score (nSPS) is 13.9. The van der Waals surface area contributed by atoms with Crippen LogP contribution in [0.2, 0.25) is 0 Å². The van der Waals surface area contributed by atoms with Crippen molar-refractivity contribution < 1.29 is 24.2 Å². The molecule has 1 amide bonds. The summed E-state index contributed by atoms with van der Waals surface area (Å²) in [5.41, 5.74) is 0.725. The molecule has 1 fully saturated rings. The summed E-state index contributed by atoms with van der Waals surface area (Å²) in [5, 5.41) is 8.88. The number of hydrogen-bond acceptors (Lipinski definition) is 4. The van der Waals surface area contributed by atoms with Crippen molar-refractivity contribution in [3.05, 3.63) is 29.8 Å². The quantitative estimate of drug-likeness (QED) is 0.777. The molecule has 1 aliphatic carbocycles. The Morgan fingerprint density at radius 1 is 1.32 bits per heavy atom. The first kappa shape index (κ1) is 15.9. The van der Waals surface area contributed by atoms with Gasteiger partial charge in [0.15, 0.2) is 0 Å². The second-order valence-corrected chi connectivity index (χ2v) is 5.03. The molecule has 6 nitrogen and oxygen atoms in total. The van der Waals surface area contributed by atoms with Gasteiger partial charge in [0, 0.05) is 23.7 Å². The average Bonchev–Trinajstić information content (AvgIpc) is 3.34. The number of hydrogen-bond donors (Lipinski definition) is 1. The van der Waals surface area contributed by atoms with Gasteiger partial charge in [-0.25, -0.2) is 0 Å². The molecule has 0 saturated heterocycles. The fourth-order valence-corrected chi connectivity index (χ4v) is 2.13. The third-order valence-electron chi connectivity index (χ3n) is 3.42. The molecule has 2 rings (SSSR count). The van der Waals surface area contributed by atoms with Gasteiger partial charge in [0.2, 0.25) is 5.91 Å². The third kappa shape index (κ3) is 4.00. The summed E-state index contributed by atoms with van der Waals surface area (Å²) in [6.45, 7) is -0.270. The fourth-order valence-electron chi connectivity index (χ4n) is 2.13. The molecule has 0 heterocycles. The summed E-state index contributed by atoms with van der Waals surface area (Å²) in [5.74, 6) is -0.0659. The van der Waals surface area contributed by atoms with Crippen LogP contribution in [-0.4, -0.2) is 48.7 Å². The SMILES string of the molecule is COc1ccc(/C=C/C(=O)N(CC(=O)O)C2CC2)c(OC)c1. The Labute approximate surface area is 128 Å². The molecule has 0 bridgehead atoms. The van der Waals surface area contributed by atoms with Crippen LogP contribution in [0, 0.1) is 0 Å². The predicted octanol–water partition coefficient (Wildman–Crippen LogP) is 1.79. The van der Waals surface area contributed by atoms with Gasteiger partial charge in [0.1, 0.15) is 18.0 Å². The highest BCUT2D eigenvalue weighted by molar-refractivity contribution is 5.94. The topological polar surface area (TPSA) is 76.1 Å². The van der Waals surface area contributed by atoms with E-state index in [2.05, 4.69) is 0 Å². The molecule has 1 aromatic rings. The van der Waals surface area contributed by atoms with E-state index in [0.717, 1.165) is 18.4 Å². The van der Waals surface area contributed by atoms with Gasteiger partial charge < -0.3 is 19.5 Å². The lowest BCUT2D eigenvalue weighted by atomic mass is 10.1. The van der Waals surface area contributed by atoms with E-state index < -0.39 is 5.97 Å². The molecule has 0 atom stereocenters. The Morgan fingerprint density at radius 3 is 2.59 bits per heavy atom. The van der Waals surface area contributed by atoms with E-state index in [1.165, 1.54) is 18.1 Å². The van der Waals surface area contributed by atoms with Crippen LogP contribution in [0.4, 0.5) is 0 Å². The summed E-state index contributed by atoms with van der Waals surface area (Å²) in [4.78, 5) is 24.4. The molecule has 0 spiro atoms. The summed E-state index contributed by atoms with van der Waals surface area (Å²) >= 11 is 0. The molecule has 6 heteroatoms.